The highest BCUT2D eigenvalue weighted by Gasteiger charge is 2.20. The molecule has 1 unspecified atom stereocenters. The van der Waals surface area contributed by atoms with Crippen molar-refractivity contribution in [2.45, 2.75) is 45.7 Å². The lowest BCUT2D eigenvalue weighted by atomic mass is 10.1. The smallest absolute Gasteiger partial charge is 0.252 e. The van der Waals surface area contributed by atoms with E-state index < -0.39 is 17.8 Å². The molecule has 3 amide bonds. The Morgan fingerprint density at radius 3 is 2.48 bits per heavy atom. The molecular weight excluding hydrogens is 393 g/mol. The highest BCUT2D eigenvalue weighted by Crippen LogP contribution is 2.17. The summed E-state index contributed by atoms with van der Waals surface area (Å²) in [6.45, 7) is 7.20. The molecule has 8 heteroatoms. The molecule has 0 aliphatic heterocycles. The van der Waals surface area contributed by atoms with Crippen LogP contribution in [0.1, 0.15) is 44.5 Å². The van der Waals surface area contributed by atoms with Gasteiger partial charge in [-0.2, -0.15) is 0 Å². The number of carbonyl (C=O) groups excluding carboxylic acids is 3. The summed E-state index contributed by atoms with van der Waals surface area (Å²) in [5, 5.41) is 7.87. The Morgan fingerprint density at radius 1 is 1.24 bits per heavy atom. The maximum absolute atomic E-state index is 13.2. The number of carbonyl (C=O) groups is 3. The van der Waals surface area contributed by atoms with E-state index in [1.807, 2.05) is 20.8 Å². The van der Waals surface area contributed by atoms with Crippen LogP contribution >= 0.6 is 15.9 Å². The Hall–Kier alpha value is -1.96. The van der Waals surface area contributed by atoms with Gasteiger partial charge in [0.2, 0.25) is 11.8 Å². The van der Waals surface area contributed by atoms with Gasteiger partial charge in [-0.05, 0) is 61.8 Å². The fourth-order valence-corrected chi connectivity index (χ4v) is 2.34. The second-order valence-electron chi connectivity index (χ2n) is 6.66. The molecule has 25 heavy (non-hydrogen) atoms. The van der Waals surface area contributed by atoms with Crippen molar-refractivity contribution in [2.24, 2.45) is 0 Å². The van der Waals surface area contributed by atoms with Gasteiger partial charge in [0, 0.05) is 23.0 Å². The van der Waals surface area contributed by atoms with E-state index in [2.05, 4.69) is 31.9 Å². The molecule has 1 rings (SSSR count). The lowest BCUT2D eigenvalue weighted by molar-refractivity contribution is -0.129. The van der Waals surface area contributed by atoms with E-state index in [1.165, 1.54) is 12.1 Å². The predicted octanol–water partition coefficient (Wildman–Crippen LogP) is 2.13. The molecule has 0 saturated heterocycles. The van der Waals surface area contributed by atoms with Crippen molar-refractivity contribution in [1.82, 2.24) is 16.0 Å². The van der Waals surface area contributed by atoms with Crippen LogP contribution in [0.25, 0.3) is 0 Å². The average molecular weight is 416 g/mol. The van der Waals surface area contributed by atoms with Crippen LogP contribution in [-0.2, 0) is 9.59 Å². The molecule has 0 heterocycles. The van der Waals surface area contributed by atoms with Gasteiger partial charge < -0.3 is 16.0 Å². The van der Waals surface area contributed by atoms with E-state index in [9.17, 15) is 18.8 Å². The van der Waals surface area contributed by atoms with Gasteiger partial charge in [0.25, 0.3) is 5.91 Å². The van der Waals surface area contributed by atoms with Gasteiger partial charge in [-0.3, -0.25) is 14.4 Å². The van der Waals surface area contributed by atoms with E-state index in [4.69, 9.17) is 0 Å². The molecule has 6 nitrogen and oxygen atoms in total. The van der Waals surface area contributed by atoms with Crippen molar-refractivity contribution >= 4 is 33.7 Å². The zero-order chi connectivity index (χ0) is 19.2. The molecule has 3 N–H and O–H groups in total. The van der Waals surface area contributed by atoms with Crippen LogP contribution in [0.5, 0.6) is 0 Å². The Bertz CT molecular complexity index is 659. The molecule has 0 aliphatic rings. The maximum Gasteiger partial charge on any atom is 0.252 e. The lowest BCUT2D eigenvalue weighted by Crippen LogP contribution is -2.51. The van der Waals surface area contributed by atoms with E-state index in [-0.39, 0.29) is 35.9 Å². The number of hydrogen-bond donors (Lipinski definition) is 3. The fraction of sp³-hybridized carbons (Fsp3) is 0.471. The van der Waals surface area contributed by atoms with Gasteiger partial charge in [-0.25, -0.2) is 4.39 Å². The van der Waals surface area contributed by atoms with Crippen LogP contribution in [0, 0.1) is 5.82 Å². The number of benzene rings is 1. The van der Waals surface area contributed by atoms with Crippen molar-refractivity contribution in [3.05, 3.63) is 34.1 Å². The summed E-state index contributed by atoms with van der Waals surface area (Å²) in [6, 6.07) is 3.10. The van der Waals surface area contributed by atoms with Crippen LogP contribution < -0.4 is 16.0 Å². The summed E-state index contributed by atoms with van der Waals surface area (Å²) < 4.78 is 13.7. The van der Waals surface area contributed by atoms with E-state index >= 15 is 0 Å². The van der Waals surface area contributed by atoms with Crippen molar-refractivity contribution < 1.29 is 18.8 Å². The normalized spacial score (nSPS) is 12.2. The first-order valence-corrected chi connectivity index (χ1v) is 8.63. The first-order valence-electron chi connectivity index (χ1n) is 7.84. The standard InChI is InChI=1S/C17H23BrFN3O3/c1-10(15(24)22-17(2,3)4)21-14(23)7-8-20-16(25)12-9-11(19)5-6-13(12)18/h5-6,9-10H,7-8H2,1-4H3,(H,20,25)(H,21,23)(H,22,24). The van der Waals surface area contributed by atoms with Crippen molar-refractivity contribution in [2.75, 3.05) is 6.54 Å². The minimum Gasteiger partial charge on any atom is -0.351 e. The van der Waals surface area contributed by atoms with Crippen LogP contribution in [0.4, 0.5) is 4.39 Å². The molecule has 0 aromatic heterocycles. The average Bonchev–Trinajstić information content (AvgIpc) is 2.47. The number of nitrogens with one attached hydrogen (secondary N) is 3. The third kappa shape index (κ3) is 7.64. The van der Waals surface area contributed by atoms with Crippen LogP contribution in [-0.4, -0.2) is 35.8 Å². The second-order valence-corrected chi connectivity index (χ2v) is 7.51. The quantitative estimate of drug-likeness (QED) is 0.664. The van der Waals surface area contributed by atoms with Gasteiger partial charge in [-0.1, -0.05) is 0 Å². The van der Waals surface area contributed by atoms with Crippen LogP contribution in [0.15, 0.2) is 22.7 Å². The number of hydrogen-bond acceptors (Lipinski definition) is 3. The summed E-state index contributed by atoms with van der Waals surface area (Å²) in [7, 11) is 0. The van der Waals surface area contributed by atoms with Crippen LogP contribution in [0.2, 0.25) is 0 Å². The topological polar surface area (TPSA) is 87.3 Å². The molecule has 0 bridgehead atoms. The SMILES string of the molecule is CC(NC(=O)CCNC(=O)c1cc(F)ccc1Br)C(=O)NC(C)(C)C. The first-order chi connectivity index (χ1) is 11.5. The predicted molar refractivity (Wildman–Crippen MR) is 96.6 cm³/mol. The minimum absolute atomic E-state index is 0.00577. The summed E-state index contributed by atoms with van der Waals surface area (Å²) in [6.07, 6.45) is 0.00577. The zero-order valence-corrected chi connectivity index (χ0v) is 16.3. The van der Waals surface area contributed by atoms with Gasteiger partial charge in [0.15, 0.2) is 0 Å². The van der Waals surface area contributed by atoms with Crippen LogP contribution in [0.3, 0.4) is 0 Å². The Morgan fingerprint density at radius 2 is 1.88 bits per heavy atom. The van der Waals surface area contributed by atoms with Gasteiger partial charge in [0.1, 0.15) is 11.9 Å². The highest BCUT2D eigenvalue weighted by atomic mass is 79.9. The molecule has 0 radical (unpaired) electrons. The van der Waals surface area contributed by atoms with Crippen molar-refractivity contribution in [3.63, 3.8) is 0 Å². The Labute approximate surface area is 155 Å². The van der Waals surface area contributed by atoms with Gasteiger partial charge in [0.05, 0.1) is 5.56 Å². The Balaban J connectivity index is 2.43. The van der Waals surface area contributed by atoms with Crippen molar-refractivity contribution in [1.29, 1.82) is 0 Å². The Kier molecular flexibility index (Phi) is 7.54. The van der Waals surface area contributed by atoms with E-state index in [1.54, 1.807) is 6.92 Å². The van der Waals surface area contributed by atoms with Gasteiger partial charge in [-0.15, -0.1) is 0 Å². The second kappa shape index (κ2) is 8.94. The molecule has 0 fully saturated rings. The molecular formula is C17H23BrFN3O3. The number of halogens is 2. The summed E-state index contributed by atoms with van der Waals surface area (Å²) in [5.41, 5.74) is -0.235. The molecule has 0 saturated carbocycles. The summed E-state index contributed by atoms with van der Waals surface area (Å²) in [4.78, 5) is 35.7. The first kappa shape index (κ1) is 21.1. The molecule has 1 aromatic rings. The molecule has 138 valence electrons. The minimum atomic E-state index is -0.681. The number of amides is 3. The van der Waals surface area contributed by atoms with Crippen molar-refractivity contribution in [3.8, 4) is 0 Å². The molecule has 1 aromatic carbocycles. The molecule has 0 spiro atoms. The molecule has 1 atom stereocenters. The van der Waals surface area contributed by atoms with Gasteiger partial charge >= 0.3 is 0 Å². The third-order valence-electron chi connectivity index (χ3n) is 3.08. The lowest BCUT2D eigenvalue weighted by Gasteiger charge is -2.23. The van der Waals surface area contributed by atoms with E-state index in [0.29, 0.717) is 4.47 Å². The summed E-state index contributed by atoms with van der Waals surface area (Å²) in [5.74, 6) is -1.66. The maximum atomic E-state index is 13.2. The fourth-order valence-electron chi connectivity index (χ4n) is 1.91. The van der Waals surface area contributed by atoms with E-state index in [0.717, 1.165) is 6.07 Å². The highest BCUT2D eigenvalue weighted by molar-refractivity contribution is 9.10. The third-order valence-corrected chi connectivity index (χ3v) is 3.77. The monoisotopic (exact) mass is 415 g/mol. The number of rotatable bonds is 6. The zero-order valence-electron chi connectivity index (χ0n) is 14.7. The largest absolute Gasteiger partial charge is 0.351 e. The molecule has 0 aliphatic carbocycles. The summed E-state index contributed by atoms with van der Waals surface area (Å²) >= 11 is 3.17.